The van der Waals surface area contributed by atoms with Gasteiger partial charge < -0.3 is 5.32 Å². The molecular formula is C13H24N4O2S. The van der Waals surface area contributed by atoms with Gasteiger partial charge in [0.05, 0.1) is 11.4 Å². The van der Waals surface area contributed by atoms with Gasteiger partial charge in [0.2, 0.25) is 10.0 Å². The van der Waals surface area contributed by atoms with Gasteiger partial charge in [0.15, 0.2) is 0 Å². The second-order valence-corrected chi connectivity index (χ2v) is 7.00. The van der Waals surface area contributed by atoms with Crippen molar-refractivity contribution in [2.24, 2.45) is 0 Å². The predicted molar refractivity (Wildman–Crippen MR) is 80.0 cm³/mol. The number of H-pyrrole nitrogens is 1. The lowest BCUT2D eigenvalue weighted by atomic mass is 10.3. The number of hydrogen-bond acceptors (Lipinski definition) is 4. The van der Waals surface area contributed by atoms with Gasteiger partial charge in [-0.1, -0.05) is 19.1 Å². The summed E-state index contributed by atoms with van der Waals surface area (Å²) in [4.78, 5) is 0.268. The summed E-state index contributed by atoms with van der Waals surface area (Å²) in [5.74, 6) is 0. The van der Waals surface area contributed by atoms with Crippen LogP contribution >= 0.6 is 0 Å². The molecule has 0 fully saturated rings. The van der Waals surface area contributed by atoms with E-state index in [1.165, 1.54) is 4.31 Å². The highest BCUT2D eigenvalue weighted by atomic mass is 32.2. The summed E-state index contributed by atoms with van der Waals surface area (Å²) in [5.41, 5.74) is 1.89. The third-order valence-corrected chi connectivity index (χ3v) is 4.85. The Kier molecular flexibility index (Phi) is 5.91. The maximum atomic E-state index is 12.6. The van der Waals surface area contributed by atoms with E-state index >= 15 is 0 Å². The fourth-order valence-electron chi connectivity index (χ4n) is 1.94. The van der Waals surface area contributed by atoms with Crippen LogP contribution in [0.15, 0.2) is 17.0 Å². The lowest BCUT2D eigenvalue weighted by Gasteiger charge is -2.17. The topological polar surface area (TPSA) is 78.1 Å². The van der Waals surface area contributed by atoms with Crippen molar-refractivity contribution >= 4 is 10.0 Å². The van der Waals surface area contributed by atoms with Crippen LogP contribution in [-0.2, 0) is 16.6 Å². The molecule has 1 aromatic rings. The van der Waals surface area contributed by atoms with Crippen LogP contribution in [0.1, 0.15) is 31.7 Å². The van der Waals surface area contributed by atoms with Gasteiger partial charge in [-0.25, -0.2) is 8.42 Å². The highest BCUT2D eigenvalue weighted by molar-refractivity contribution is 7.89. The predicted octanol–water partition coefficient (Wildman–Crippen LogP) is 1.41. The molecule has 0 saturated heterocycles. The van der Waals surface area contributed by atoms with Crippen molar-refractivity contribution in [3.63, 3.8) is 0 Å². The summed E-state index contributed by atoms with van der Waals surface area (Å²) in [6.07, 6.45) is 0.987. The van der Waals surface area contributed by atoms with E-state index in [1.807, 2.05) is 0 Å². The van der Waals surface area contributed by atoms with Gasteiger partial charge in [-0.3, -0.25) is 5.10 Å². The lowest BCUT2D eigenvalue weighted by molar-refractivity contribution is 0.491. The molecule has 1 rings (SSSR count). The molecule has 0 bridgehead atoms. The number of nitrogens with one attached hydrogen (secondary N) is 2. The smallest absolute Gasteiger partial charge is 0.246 e. The molecule has 0 unspecified atom stereocenters. The van der Waals surface area contributed by atoms with Gasteiger partial charge in [-0.05, 0) is 26.8 Å². The fourth-order valence-corrected chi connectivity index (χ4v) is 3.49. The van der Waals surface area contributed by atoms with Crippen LogP contribution in [0.4, 0.5) is 0 Å². The average molecular weight is 300 g/mol. The first kappa shape index (κ1) is 16.9. The average Bonchev–Trinajstić information content (AvgIpc) is 2.70. The minimum atomic E-state index is -3.55. The Morgan fingerprint density at radius 2 is 2.15 bits per heavy atom. The second-order valence-electron chi connectivity index (χ2n) is 5.02. The zero-order valence-electron chi connectivity index (χ0n) is 12.7. The standard InChI is InChI=1S/C13H24N4O2S/c1-6-7-14-8-12-13(11(4)15-16-12)20(18,19)17(5)9-10(2)3/h14H,2,6-9H2,1,3-5H3,(H,15,16). The van der Waals surface area contributed by atoms with E-state index in [0.29, 0.717) is 24.5 Å². The third kappa shape index (κ3) is 3.91. The zero-order valence-corrected chi connectivity index (χ0v) is 13.5. The van der Waals surface area contributed by atoms with Crippen LogP contribution in [0.2, 0.25) is 0 Å². The van der Waals surface area contributed by atoms with Gasteiger partial charge >= 0.3 is 0 Å². The maximum Gasteiger partial charge on any atom is 0.246 e. The van der Waals surface area contributed by atoms with Crippen LogP contribution < -0.4 is 5.32 Å². The number of aromatic nitrogens is 2. The van der Waals surface area contributed by atoms with Gasteiger partial charge in [0.25, 0.3) is 0 Å². The van der Waals surface area contributed by atoms with Crippen LogP contribution in [0.25, 0.3) is 0 Å². The molecule has 6 nitrogen and oxygen atoms in total. The molecule has 2 N–H and O–H groups in total. The number of sulfonamides is 1. The molecule has 0 aliphatic rings. The number of aryl methyl sites for hydroxylation is 1. The van der Waals surface area contributed by atoms with Crippen molar-refractivity contribution in [1.82, 2.24) is 19.8 Å². The highest BCUT2D eigenvalue weighted by Crippen LogP contribution is 2.21. The monoisotopic (exact) mass is 300 g/mol. The van der Waals surface area contributed by atoms with Crippen molar-refractivity contribution in [3.8, 4) is 0 Å². The number of aromatic amines is 1. The Labute approximate surface area is 121 Å². The minimum absolute atomic E-state index is 0.268. The van der Waals surface area contributed by atoms with Crippen molar-refractivity contribution in [1.29, 1.82) is 0 Å². The molecule has 0 atom stereocenters. The van der Waals surface area contributed by atoms with Gasteiger partial charge in [0, 0.05) is 20.1 Å². The summed E-state index contributed by atoms with van der Waals surface area (Å²) >= 11 is 0. The Morgan fingerprint density at radius 3 is 2.70 bits per heavy atom. The number of nitrogens with zero attached hydrogens (tertiary/aromatic N) is 2. The van der Waals surface area contributed by atoms with Crippen molar-refractivity contribution < 1.29 is 8.42 Å². The molecule has 0 aromatic carbocycles. The summed E-state index contributed by atoms with van der Waals surface area (Å²) in [6, 6.07) is 0. The molecular weight excluding hydrogens is 276 g/mol. The van der Waals surface area contributed by atoms with Crippen LogP contribution in [-0.4, -0.2) is 43.1 Å². The summed E-state index contributed by atoms with van der Waals surface area (Å²) in [6.45, 7) is 10.9. The Bertz CT molecular complexity index is 563. The maximum absolute atomic E-state index is 12.6. The first-order valence-corrected chi connectivity index (χ1v) is 8.10. The summed E-state index contributed by atoms with van der Waals surface area (Å²) in [5, 5.41) is 10.0. The van der Waals surface area contributed by atoms with Crippen LogP contribution in [0.3, 0.4) is 0 Å². The molecule has 7 heteroatoms. The number of hydrogen-bond donors (Lipinski definition) is 2. The molecule has 20 heavy (non-hydrogen) atoms. The summed E-state index contributed by atoms with van der Waals surface area (Å²) < 4.78 is 26.5. The third-order valence-electron chi connectivity index (χ3n) is 2.84. The second kappa shape index (κ2) is 7.01. The molecule has 0 aliphatic carbocycles. The Hall–Kier alpha value is -1.18. The zero-order chi connectivity index (χ0) is 15.3. The minimum Gasteiger partial charge on any atom is -0.311 e. The van der Waals surface area contributed by atoms with E-state index in [1.54, 1.807) is 20.9 Å². The Balaban J connectivity index is 3.04. The molecule has 0 amide bonds. The van der Waals surface area contributed by atoms with Crippen molar-refractivity contribution in [2.75, 3.05) is 20.1 Å². The summed E-state index contributed by atoms with van der Waals surface area (Å²) in [7, 11) is -2.00. The molecule has 0 saturated carbocycles. The van der Waals surface area contributed by atoms with E-state index in [4.69, 9.17) is 0 Å². The van der Waals surface area contributed by atoms with E-state index in [0.717, 1.165) is 18.5 Å². The van der Waals surface area contributed by atoms with Crippen LogP contribution in [0, 0.1) is 6.92 Å². The highest BCUT2D eigenvalue weighted by Gasteiger charge is 2.28. The molecule has 1 aromatic heterocycles. The quantitative estimate of drug-likeness (QED) is 0.562. The van der Waals surface area contributed by atoms with E-state index in [2.05, 4.69) is 29.0 Å². The van der Waals surface area contributed by atoms with E-state index in [9.17, 15) is 8.42 Å². The lowest BCUT2D eigenvalue weighted by Crippen LogP contribution is -2.30. The fraction of sp³-hybridized carbons (Fsp3) is 0.615. The number of likely N-dealkylation sites (N-methyl/N-ethyl adjacent to an activating group) is 1. The van der Waals surface area contributed by atoms with Crippen molar-refractivity contribution in [3.05, 3.63) is 23.5 Å². The molecule has 1 heterocycles. The van der Waals surface area contributed by atoms with Gasteiger partial charge in [-0.15, -0.1) is 0 Å². The van der Waals surface area contributed by atoms with E-state index < -0.39 is 10.0 Å². The van der Waals surface area contributed by atoms with Crippen molar-refractivity contribution in [2.45, 2.75) is 38.6 Å². The molecule has 0 aliphatic heterocycles. The SMILES string of the molecule is C=C(C)CN(C)S(=O)(=O)c1c(CNCCC)n[nH]c1C. The molecule has 0 spiro atoms. The van der Waals surface area contributed by atoms with Gasteiger partial charge in [0.1, 0.15) is 4.90 Å². The number of rotatable bonds is 8. The van der Waals surface area contributed by atoms with Gasteiger partial charge in [-0.2, -0.15) is 9.40 Å². The Morgan fingerprint density at radius 1 is 1.50 bits per heavy atom. The first-order valence-electron chi connectivity index (χ1n) is 6.66. The van der Waals surface area contributed by atoms with Crippen LogP contribution in [0.5, 0.6) is 0 Å². The molecule has 114 valence electrons. The molecule has 0 radical (unpaired) electrons. The normalized spacial score (nSPS) is 12.1. The largest absolute Gasteiger partial charge is 0.311 e. The first-order chi connectivity index (χ1) is 9.30. The van der Waals surface area contributed by atoms with E-state index in [-0.39, 0.29) is 4.90 Å².